The molecule has 0 spiro atoms. The molecule has 0 saturated carbocycles. The molecular formula is C14H18BrN3. The summed E-state index contributed by atoms with van der Waals surface area (Å²) in [6, 6.07) is 4.75. The van der Waals surface area contributed by atoms with Gasteiger partial charge in [-0.2, -0.15) is 0 Å². The van der Waals surface area contributed by atoms with E-state index in [0.717, 1.165) is 16.5 Å². The number of pyridine rings is 1. The molecule has 0 N–H and O–H groups in total. The number of nitrogens with zero attached hydrogens (tertiary/aromatic N) is 3. The van der Waals surface area contributed by atoms with Crippen LogP contribution in [-0.4, -0.2) is 33.9 Å². The lowest BCUT2D eigenvalue weighted by atomic mass is 9.99. The lowest BCUT2D eigenvalue weighted by Gasteiger charge is -2.31. The number of hydrogen-bond donors (Lipinski definition) is 0. The van der Waals surface area contributed by atoms with Crippen LogP contribution in [0.3, 0.4) is 0 Å². The Kier molecular flexibility index (Phi) is 3.39. The van der Waals surface area contributed by atoms with Crippen molar-refractivity contribution in [3.05, 3.63) is 34.7 Å². The van der Waals surface area contributed by atoms with E-state index < -0.39 is 0 Å². The molecule has 18 heavy (non-hydrogen) atoms. The molecule has 2 aromatic heterocycles. The zero-order valence-corrected chi connectivity index (χ0v) is 12.2. The predicted octanol–water partition coefficient (Wildman–Crippen LogP) is 3.12. The first-order valence-electron chi connectivity index (χ1n) is 6.56. The van der Waals surface area contributed by atoms with E-state index in [1.165, 1.54) is 31.5 Å². The third-order valence-corrected chi connectivity index (χ3v) is 4.30. The number of imidazole rings is 1. The summed E-state index contributed by atoms with van der Waals surface area (Å²) in [5.41, 5.74) is 2.23. The highest BCUT2D eigenvalue weighted by Gasteiger charge is 2.20. The Bertz CT molecular complexity index is 549. The van der Waals surface area contributed by atoms with E-state index in [9.17, 15) is 0 Å². The second kappa shape index (κ2) is 5.02. The summed E-state index contributed by atoms with van der Waals surface area (Å²) >= 11 is 3.49. The highest BCUT2D eigenvalue weighted by molar-refractivity contribution is 9.10. The molecule has 1 saturated heterocycles. The minimum absolute atomic E-state index is 0.659. The monoisotopic (exact) mass is 307 g/mol. The molecule has 0 amide bonds. The number of likely N-dealkylation sites (tertiary alicyclic amines) is 1. The van der Waals surface area contributed by atoms with Gasteiger partial charge in [0.1, 0.15) is 5.65 Å². The number of fused-ring (bicyclic) bond motifs is 1. The number of hydrogen-bond acceptors (Lipinski definition) is 2. The average Bonchev–Trinajstić information content (AvgIpc) is 2.73. The first-order chi connectivity index (χ1) is 8.72. The van der Waals surface area contributed by atoms with E-state index in [4.69, 9.17) is 4.98 Å². The standard InChI is InChI=1S/C14H18BrN3/c1-17-7-3-2-4-13(17)8-12-10-18-9-11(15)5-6-14(18)16-12/h5-6,9-10,13H,2-4,7-8H2,1H3. The lowest BCUT2D eigenvalue weighted by Crippen LogP contribution is -2.37. The molecule has 96 valence electrons. The maximum Gasteiger partial charge on any atom is 0.137 e. The first-order valence-corrected chi connectivity index (χ1v) is 7.35. The number of aromatic nitrogens is 2. The second-order valence-corrected chi connectivity index (χ2v) is 6.10. The number of piperidine rings is 1. The van der Waals surface area contributed by atoms with Gasteiger partial charge in [-0.1, -0.05) is 6.42 Å². The SMILES string of the molecule is CN1CCCCC1Cc1cn2cc(Br)ccc2n1. The van der Waals surface area contributed by atoms with Crippen LogP contribution in [0, 0.1) is 0 Å². The Hall–Kier alpha value is -0.870. The molecule has 1 unspecified atom stereocenters. The van der Waals surface area contributed by atoms with Gasteiger partial charge in [0.25, 0.3) is 0 Å². The molecule has 1 fully saturated rings. The Morgan fingerprint density at radius 3 is 3.06 bits per heavy atom. The highest BCUT2D eigenvalue weighted by Crippen LogP contribution is 2.19. The molecule has 3 heterocycles. The quantitative estimate of drug-likeness (QED) is 0.850. The fourth-order valence-corrected chi connectivity index (χ4v) is 3.11. The number of likely N-dealkylation sites (N-methyl/N-ethyl adjacent to an activating group) is 1. The van der Waals surface area contributed by atoms with Gasteiger partial charge < -0.3 is 9.30 Å². The van der Waals surface area contributed by atoms with E-state index in [0.29, 0.717) is 6.04 Å². The predicted molar refractivity (Wildman–Crippen MR) is 76.9 cm³/mol. The fraction of sp³-hybridized carbons (Fsp3) is 0.500. The van der Waals surface area contributed by atoms with Crippen molar-refractivity contribution in [3.8, 4) is 0 Å². The second-order valence-electron chi connectivity index (χ2n) is 5.18. The van der Waals surface area contributed by atoms with Crippen LogP contribution in [-0.2, 0) is 6.42 Å². The average molecular weight is 308 g/mol. The van der Waals surface area contributed by atoms with Crippen molar-refractivity contribution in [3.63, 3.8) is 0 Å². The van der Waals surface area contributed by atoms with E-state index in [1.54, 1.807) is 0 Å². The lowest BCUT2D eigenvalue weighted by molar-refractivity contribution is 0.184. The van der Waals surface area contributed by atoms with Crippen molar-refractivity contribution < 1.29 is 0 Å². The Labute approximate surface area is 116 Å². The van der Waals surface area contributed by atoms with Gasteiger partial charge in [0, 0.05) is 29.3 Å². The van der Waals surface area contributed by atoms with Crippen LogP contribution in [0.5, 0.6) is 0 Å². The molecule has 2 aromatic rings. The van der Waals surface area contributed by atoms with Gasteiger partial charge in [-0.3, -0.25) is 0 Å². The molecule has 0 bridgehead atoms. The van der Waals surface area contributed by atoms with Crippen molar-refractivity contribution in [2.45, 2.75) is 31.7 Å². The third-order valence-electron chi connectivity index (χ3n) is 3.83. The van der Waals surface area contributed by atoms with Crippen molar-refractivity contribution in [2.75, 3.05) is 13.6 Å². The molecule has 4 heteroatoms. The van der Waals surface area contributed by atoms with Gasteiger partial charge in [-0.05, 0) is 54.5 Å². The molecule has 0 aliphatic carbocycles. The largest absolute Gasteiger partial charge is 0.306 e. The summed E-state index contributed by atoms with van der Waals surface area (Å²) in [6.45, 7) is 1.23. The summed E-state index contributed by atoms with van der Waals surface area (Å²) in [5, 5.41) is 0. The molecule has 0 radical (unpaired) electrons. The van der Waals surface area contributed by atoms with Gasteiger partial charge in [-0.15, -0.1) is 0 Å². The van der Waals surface area contributed by atoms with Gasteiger partial charge in [0.2, 0.25) is 0 Å². The molecule has 1 aliphatic rings. The van der Waals surface area contributed by atoms with Crippen LogP contribution in [0.1, 0.15) is 25.0 Å². The van der Waals surface area contributed by atoms with Crippen molar-refractivity contribution in [2.24, 2.45) is 0 Å². The Morgan fingerprint density at radius 2 is 2.22 bits per heavy atom. The van der Waals surface area contributed by atoms with E-state index in [-0.39, 0.29) is 0 Å². The normalized spacial score (nSPS) is 21.6. The molecule has 3 rings (SSSR count). The van der Waals surface area contributed by atoms with Gasteiger partial charge >= 0.3 is 0 Å². The summed E-state index contributed by atoms with van der Waals surface area (Å²) in [5.74, 6) is 0. The topological polar surface area (TPSA) is 20.5 Å². The Balaban J connectivity index is 1.81. The summed E-state index contributed by atoms with van der Waals surface area (Å²) < 4.78 is 3.19. The van der Waals surface area contributed by atoms with Crippen LogP contribution < -0.4 is 0 Å². The summed E-state index contributed by atoms with van der Waals surface area (Å²) in [4.78, 5) is 7.17. The third kappa shape index (κ3) is 2.45. The van der Waals surface area contributed by atoms with E-state index in [2.05, 4.69) is 50.7 Å². The van der Waals surface area contributed by atoms with Gasteiger partial charge in [0.15, 0.2) is 0 Å². The number of rotatable bonds is 2. The van der Waals surface area contributed by atoms with Crippen LogP contribution >= 0.6 is 15.9 Å². The van der Waals surface area contributed by atoms with Gasteiger partial charge in [-0.25, -0.2) is 4.98 Å². The van der Waals surface area contributed by atoms with Crippen molar-refractivity contribution in [1.82, 2.24) is 14.3 Å². The van der Waals surface area contributed by atoms with Gasteiger partial charge in [0.05, 0.1) is 5.69 Å². The van der Waals surface area contributed by atoms with Crippen LogP contribution in [0.4, 0.5) is 0 Å². The summed E-state index contributed by atoms with van der Waals surface area (Å²) in [7, 11) is 2.23. The fourth-order valence-electron chi connectivity index (χ4n) is 2.76. The smallest absolute Gasteiger partial charge is 0.137 e. The van der Waals surface area contributed by atoms with Crippen LogP contribution in [0.25, 0.3) is 5.65 Å². The van der Waals surface area contributed by atoms with Crippen LogP contribution in [0.15, 0.2) is 29.0 Å². The molecule has 1 aliphatic heterocycles. The zero-order chi connectivity index (χ0) is 12.5. The number of halogens is 1. The zero-order valence-electron chi connectivity index (χ0n) is 10.6. The molecular weight excluding hydrogens is 290 g/mol. The van der Waals surface area contributed by atoms with E-state index >= 15 is 0 Å². The molecule has 3 nitrogen and oxygen atoms in total. The van der Waals surface area contributed by atoms with Crippen molar-refractivity contribution in [1.29, 1.82) is 0 Å². The highest BCUT2D eigenvalue weighted by atomic mass is 79.9. The first kappa shape index (κ1) is 12.2. The Morgan fingerprint density at radius 1 is 1.33 bits per heavy atom. The molecule has 0 aromatic carbocycles. The maximum absolute atomic E-state index is 4.70. The minimum atomic E-state index is 0.659. The minimum Gasteiger partial charge on any atom is -0.306 e. The molecule has 1 atom stereocenters. The van der Waals surface area contributed by atoms with Crippen molar-refractivity contribution >= 4 is 21.6 Å². The van der Waals surface area contributed by atoms with Crippen LogP contribution in [0.2, 0.25) is 0 Å². The maximum atomic E-state index is 4.70. The van der Waals surface area contributed by atoms with E-state index in [1.807, 2.05) is 6.07 Å². The summed E-state index contributed by atoms with van der Waals surface area (Å²) in [6.07, 6.45) is 9.28.